The number of aliphatic hydroxyl groups is 1. The minimum atomic E-state index is -0.431. The van der Waals surface area contributed by atoms with Crippen LogP contribution in [0.5, 0.6) is 0 Å². The van der Waals surface area contributed by atoms with Crippen LogP contribution < -0.4 is 0 Å². The van der Waals surface area contributed by atoms with Gasteiger partial charge in [-0.1, -0.05) is 58.4 Å². The summed E-state index contributed by atoms with van der Waals surface area (Å²) in [6.07, 6.45) is 0.297. The maximum absolute atomic E-state index is 10.3. The average molecular weight is 348 g/mol. The van der Waals surface area contributed by atoms with Gasteiger partial charge in [0.1, 0.15) is 0 Å². The zero-order valence-electron chi connectivity index (χ0n) is 12.6. The second-order valence-corrected chi connectivity index (χ2v) is 6.34. The quantitative estimate of drug-likeness (QED) is 0.841. The van der Waals surface area contributed by atoms with Crippen LogP contribution >= 0.6 is 15.9 Å². The molecule has 2 rings (SSSR count). The molecule has 1 unspecified atom stereocenters. The predicted molar refractivity (Wildman–Crippen MR) is 91.2 cm³/mol. The molecule has 0 bridgehead atoms. The van der Waals surface area contributed by atoms with E-state index in [9.17, 15) is 5.11 Å². The van der Waals surface area contributed by atoms with Crippen molar-refractivity contribution < 1.29 is 5.11 Å². The molecule has 0 radical (unpaired) electrons. The van der Waals surface area contributed by atoms with Gasteiger partial charge in [-0.2, -0.15) is 0 Å². The number of aryl methyl sites for hydroxylation is 1. The molecule has 21 heavy (non-hydrogen) atoms. The third-order valence-electron chi connectivity index (χ3n) is 3.75. The van der Waals surface area contributed by atoms with E-state index in [1.807, 2.05) is 24.3 Å². The first-order chi connectivity index (χ1) is 10.1. The van der Waals surface area contributed by atoms with Gasteiger partial charge in [0.05, 0.1) is 6.10 Å². The minimum absolute atomic E-state index is 0.431. The Morgan fingerprint density at radius 1 is 1.10 bits per heavy atom. The Bertz CT molecular complexity index is 585. The topological polar surface area (TPSA) is 23.5 Å². The monoisotopic (exact) mass is 347 g/mol. The van der Waals surface area contributed by atoms with Crippen LogP contribution in [0.1, 0.15) is 29.2 Å². The maximum Gasteiger partial charge on any atom is 0.0813 e. The fourth-order valence-corrected chi connectivity index (χ4v) is 2.95. The minimum Gasteiger partial charge on any atom is -0.388 e. The van der Waals surface area contributed by atoms with E-state index in [-0.39, 0.29) is 0 Å². The van der Waals surface area contributed by atoms with Gasteiger partial charge in [0, 0.05) is 17.6 Å². The Labute approximate surface area is 135 Å². The zero-order chi connectivity index (χ0) is 15.2. The summed E-state index contributed by atoms with van der Waals surface area (Å²) >= 11 is 3.49. The van der Waals surface area contributed by atoms with Crippen molar-refractivity contribution in [1.82, 2.24) is 4.90 Å². The van der Waals surface area contributed by atoms with Crippen molar-refractivity contribution in [1.29, 1.82) is 0 Å². The highest BCUT2D eigenvalue weighted by molar-refractivity contribution is 9.10. The summed E-state index contributed by atoms with van der Waals surface area (Å²) in [4.78, 5) is 2.25. The van der Waals surface area contributed by atoms with Gasteiger partial charge < -0.3 is 10.0 Å². The maximum atomic E-state index is 10.3. The van der Waals surface area contributed by atoms with Gasteiger partial charge in [-0.15, -0.1) is 0 Å². The number of benzene rings is 2. The summed E-state index contributed by atoms with van der Waals surface area (Å²) in [7, 11) is 2.10. The summed E-state index contributed by atoms with van der Waals surface area (Å²) in [5, 5.41) is 10.3. The third kappa shape index (κ3) is 4.67. The van der Waals surface area contributed by atoms with Gasteiger partial charge >= 0.3 is 0 Å². The molecule has 0 saturated carbocycles. The molecule has 0 heterocycles. The fraction of sp³-hybridized carbons (Fsp3) is 0.333. The first kappa shape index (κ1) is 16.2. The van der Waals surface area contributed by atoms with Gasteiger partial charge in [0.15, 0.2) is 0 Å². The van der Waals surface area contributed by atoms with Crippen molar-refractivity contribution in [3.63, 3.8) is 0 Å². The van der Waals surface area contributed by atoms with Crippen molar-refractivity contribution in [2.45, 2.75) is 26.0 Å². The van der Waals surface area contributed by atoms with E-state index in [1.54, 1.807) is 0 Å². The summed E-state index contributed by atoms with van der Waals surface area (Å²) in [6.45, 7) is 3.91. The number of nitrogens with zero attached hydrogens (tertiary/aromatic N) is 1. The van der Waals surface area contributed by atoms with Crippen molar-refractivity contribution >= 4 is 15.9 Å². The van der Waals surface area contributed by atoms with Crippen LogP contribution in [0, 0.1) is 6.92 Å². The van der Waals surface area contributed by atoms with Crippen molar-refractivity contribution in [2.75, 3.05) is 13.6 Å². The number of hydrogen-bond acceptors (Lipinski definition) is 2. The highest BCUT2D eigenvalue weighted by atomic mass is 79.9. The molecule has 2 aromatic rings. The molecule has 0 aliphatic rings. The number of rotatable bonds is 6. The standard InChI is InChI=1S/C18H22BrNO/c1-14-7-3-4-8-15(14)13-20(2)12-11-18(21)16-9-5-6-10-17(16)19/h3-10,18,21H,11-13H2,1-2H3. The molecule has 0 aromatic heterocycles. The molecule has 2 aromatic carbocycles. The molecular weight excluding hydrogens is 326 g/mol. The third-order valence-corrected chi connectivity index (χ3v) is 4.47. The van der Waals surface area contributed by atoms with E-state index in [4.69, 9.17) is 0 Å². The number of hydrogen-bond donors (Lipinski definition) is 1. The highest BCUT2D eigenvalue weighted by Crippen LogP contribution is 2.25. The molecule has 0 amide bonds. The van der Waals surface area contributed by atoms with Crippen LogP contribution in [0.3, 0.4) is 0 Å². The number of halogens is 1. The van der Waals surface area contributed by atoms with E-state index in [0.29, 0.717) is 0 Å². The molecule has 0 saturated heterocycles. The van der Waals surface area contributed by atoms with Crippen LogP contribution in [-0.2, 0) is 6.54 Å². The lowest BCUT2D eigenvalue weighted by atomic mass is 10.1. The van der Waals surface area contributed by atoms with Gasteiger partial charge in [0.25, 0.3) is 0 Å². The molecule has 0 fully saturated rings. The molecule has 0 aliphatic heterocycles. The molecule has 0 spiro atoms. The Hall–Kier alpha value is -1.16. The predicted octanol–water partition coefficient (Wildman–Crippen LogP) is 4.31. The second kappa shape index (κ2) is 7.74. The van der Waals surface area contributed by atoms with Crippen LogP contribution in [0.2, 0.25) is 0 Å². The first-order valence-corrected chi connectivity index (χ1v) is 8.03. The lowest BCUT2D eigenvalue weighted by molar-refractivity contribution is 0.147. The molecule has 3 heteroatoms. The Morgan fingerprint density at radius 2 is 1.76 bits per heavy atom. The van der Waals surface area contributed by atoms with Crippen molar-refractivity contribution in [3.05, 3.63) is 69.7 Å². The van der Waals surface area contributed by atoms with Gasteiger partial charge in [-0.05, 0) is 43.1 Å². The largest absolute Gasteiger partial charge is 0.388 e. The van der Waals surface area contributed by atoms with Crippen molar-refractivity contribution in [3.8, 4) is 0 Å². The van der Waals surface area contributed by atoms with Crippen molar-refractivity contribution in [2.24, 2.45) is 0 Å². The van der Waals surface area contributed by atoms with E-state index in [2.05, 4.69) is 59.1 Å². The molecule has 1 atom stereocenters. The van der Waals surface area contributed by atoms with E-state index in [1.165, 1.54) is 11.1 Å². The molecule has 1 N–H and O–H groups in total. The first-order valence-electron chi connectivity index (χ1n) is 7.23. The fourth-order valence-electron chi connectivity index (χ4n) is 2.40. The Kier molecular flexibility index (Phi) is 5.97. The smallest absolute Gasteiger partial charge is 0.0813 e. The van der Waals surface area contributed by atoms with Crippen LogP contribution in [0.4, 0.5) is 0 Å². The average Bonchev–Trinajstić information content (AvgIpc) is 2.48. The summed E-state index contributed by atoms with van der Waals surface area (Å²) in [6, 6.07) is 16.3. The Morgan fingerprint density at radius 3 is 2.48 bits per heavy atom. The van der Waals surface area contributed by atoms with E-state index >= 15 is 0 Å². The zero-order valence-corrected chi connectivity index (χ0v) is 14.2. The summed E-state index contributed by atoms with van der Waals surface area (Å²) < 4.78 is 0.971. The van der Waals surface area contributed by atoms with Crippen LogP contribution in [0.25, 0.3) is 0 Å². The molecule has 2 nitrogen and oxygen atoms in total. The van der Waals surface area contributed by atoms with E-state index in [0.717, 1.165) is 29.5 Å². The summed E-state index contributed by atoms with van der Waals surface area (Å²) in [5.74, 6) is 0. The molecule has 0 aliphatic carbocycles. The number of aliphatic hydroxyl groups excluding tert-OH is 1. The lowest BCUT2D eigenvalue weighted by Crippen LogP contribution is -2.21. The molecular formula is C18H22BrNO. The lowest BCUT2D eigenvalue weighted by Gasteiger charge is -2.20. The van der Waals surface area contributed by atoms with Gasteiger partial charge in [0.2, 0.25) is 0 Å². The Balaban J connectivity index is 1.88. The second-order valence-electron chi connectivity index (χ2n) is 5.49. The van der Waals surface area contributed by atoms with Crippen LogP contribution in [-0.4, -0.2) is 23.6 Å². The van der Waals surface area contributed by atoms with Gasteiger partial charge in [-0.3, -0.25) is 0 Å². The highest BCUT2D eigenvalue weighted by Gasteiger charge is 2.12. The normalized spacial score (nSPS) is 12.6. The van der Waals surface area contributed by atoms with E-state index < -0.39 is 6.10 Å². The molecule has 112 valence electrons. The van der Waals surface area contributed by atoms with Crippen LogP contribution in [0.15, 0.2) is 53.0 Å². The SMILES string of the molecule is Cc1ccccc1CN(C)CCC(O)c1ccccc1Br. The summed E-state index contributed by atoms with van der Waals surface area (Å²) in [5.41, 5.74) is 3.62. The van der Waals surface area contributed by atoms with Gasteiger partial charge in [-0.25, -0.2) is 0 Å².